The third-order valence-electron chi connectivity index (χ3n) is 14.3. The van der Waals surface area contributed by atoms with Gasteiger partial charge in [0.1, 0.15) is 0 Å². The van der Waals surface area contributed by atoms with Crippen molar-refractivity contribution in [3.63, 3.8) is 0 Å². The van der Waals surface area contributed by atoms with Gasteiger partial charge in [-0.15, -0.1) is 0 Å². The molecule has 0 spiro atoms. The van der Waals surface area contributed by atoms with Crippen molar-refractivity contribution >= 4 is 59.1 Å². The van der Waals surface area contributed by atoms with Crippen LogP contribution in [0, 0.1) is 23.3 Å². The molecule has 6 aliphatic rings. The fourth-order valence-corrected chi connectivity index (χ4v) is 15.5. The second-order valence-corrected chi connectivity index (χ2v) is 22.8. The van der Waals surface area contributed by atoms with Crippen molar-refractivity contribution in [2.24, 2.45) is 0 Å². The van der Waals surface area contributed by atoms with Gasteiger partial charge >= 0.3 is 424 Å². The predicted octanol–water partition coefficient (Wildman–Crippen LogP) is 4.30. The van der Waals surface area contributed by atoms with Crippen molar-refractivity contribution in [3.05, 3.63) is 186 Å². The number of benzene rings is 4. The molecule has 4 aromatic carbocycles. The van der Waals surface area contributed by atoms with Crippen molar-refractivity contribution in [1.29, 1.82) is 0 Å². The molecule has 12 rings (SSSR count). The van der Waals surface area contributed by atoms with E-state index in [9.17, 15) is 33.1 Å². The molecule has 388 valence electrons. The van der Waals surface area contributed by atoms with Crippen molar-refractivity contribution in [1.82, 2.24) is 19.2 Å². The monoisotopic (exact) mass is 1160 g/mol. The first-order valence-electron chi connectivity index (χ1n) is 24.5. The first-order valence-corrected chi connectivity index (χ1v) is 28.7. The van der Waals surface area contributed by atoms with E-state index in [0.717, 1.165) is 51.8 Å². The van der Waals surface area contributed by atoms with Gasteiger partial charge < -0.3 is 8.41 Å². The molecule has 21 heteroatoms. The summed E-state index contributed by atoms with van der Waals surface area (Å²) in [6.07, 6.45) is 5.80. The molecule has 1 N–H and O–H groups in total. The Morgan fingerprint density at radius 2 is 1.11 bits per heavy atom. The van der Waals surface area contributed by atoms with Crippen LogP contribution in [0.2, 0.25) is 0 Å². The summed E-state index contributed by atoms with van der Waals surface area (Å²) in [6.45, 7) is 4.14. The van der Waals surface area contributed by atoms with Crippen LogP contribution in [0.3, 0.4) is 0 Å². The molecule has 6 aromatic rings. The van der Waals surface area contributed by atoms with E-state index in [2.05, 4.69) is 6.92 Å². The van der Waals surface area contributed by atoms with E-state index >= 15 is 8.78 Å². The molecule has 0 saturated carbocycles. The predicted molar refractivity (Wildman–Crippen MR) is 274 cm³/mol. The largest absolute Gasteiger partial charge is 1.00 e. The zero-order chi connectivity index (χ0) is 51.4. The van der Waals surface area contributed by atoms with Crippen LogP contribution >= 0.6 is 0 Å². The van der Waals surface area contributed by atoms with E-state index in [0.29, 0.717) is 59.3 Å². The normalized spacial score (nSPS) is 20.2. The third-order valence-corrected chi connectivity index (χ3v) is 19.0. The summed E-state index contributed by atoms with van der Waals surface area (Å²) in [7, 11) is 0. The molecular weight excluding hydrogens is 1110 g/mol. The number of aromatic nitrogens is 2. The number of unbranched alkanes of at least 4 members (excludes halogenated alkanes) is 3. The van der Waals surface area contributed by atoms with Gasteiger partial charge in [-0.3, -0.25) is 0 Å². The average Bonchev–Trinajstić information content (AvgIpc) is 3.71. The van der Waals surface area contributed by atoms with Crippen LogP contribution in [0.1, 0.15) is 99.0 Å². The van der Waals surface area contributed by atoms with Gasteiger partial charge in [-0.1, -0.05) is 13.3 Å². The van der Waals surface area contributed by atoms with Crippen molar-refractivity contribution in [2.45, 2.75) is 67.7 Å². The van der Waals surface area contributed by atoms with Crippen LogP contribution in [0.5, 0.6) is 11.5 Å². The summed E-state index contributed by atoms with van der Waals surface area (Å²) in [5.74, 6) is -4.88. The quantitative estimate of drug-likeness (QED) is 0.134. The summed E-state index contributed by atoms with van der Waals surface area (Å²) in [4.78, 5) is 55.9. The standard InChI is InChI=1S/C30H31F2N3O4Se.C24H19F2N3O4Se.B/c1-2-3-4-7-15-39-29-23(36)12-13-34-28(29)30(37)33-14-16-38-17-25(33)35(34)27-19-10-11-22(31)26(32)21(19)18-40-24-9-6-5-8-20(24)27;25-16-6-5-13-15(20(16)26)12-34-18-4-2-1-3-14(18)21(13)29-19-11-33-10-9-27(19)24(32)22-23(31)17(30)7-8-28(22)29;/h5-6,8-13,25,27H,2-4,7,14-18H2,1H3;1-8,19,21,31H,9-12H2;/q;;-1/t25-,27?;19-,21?;/m11./s1. The molecule has 0 bridgehead atoms. The van der Waals surface area contributed by atoms with Gasteiger partial charge in [-0.25, -0.2) is 0 Å². The van der Waals surface area contributed by atoms with Gasteiger partial charge in [0.2, 0.25) is 0 Å². The molecule has 8 heterocycles. The van der Waals surface area contributed by atoms with E-state index in [-0.39, 0.29) is 86.6 Å². The number of carbonyl (C=O) groups is 2. The van der Waals surface area contributed by atoms with E-state index in [1.54, 1.807) is 32.8 Å². The van der Waals surface area contributed by atoms with E-state index in [1.165, 1.54) is 29.1 Å². The molecule has 2 saturated heterocycles. The summed E-state index contributed by atoms with van der Waals surface area (Å²) in [5, 5.41) is 15.2. The maximum absolute atomic E-state index is 15.3. The number of pyridine rings is 2. The van der Waals surface area contributed by atoms with Crippen LogP contribution in [-0.4, -0.2) is 133 Å². The van der Waals surface area contributed by atoms with Crippen LogP contribution in [-0.2, 0) is 20.1 Å². The molecule has 14 nitrogen and oxygen atoms in total. The number of aromatic hydroxyl groups is 1. The number of morpholine rings is 2. The number of nitrogens with zero attached hydrogens (tertiary/aromatic N) is 6. The smallest absolute Gasteiger partial charge is 1.00 e. The minimum Gasteiger partial charge on any atom is -1.00 e. The zero-order valence-corrected chi connectivity index (χ0v) is 44.1. The Balaban J connectivity index is 0.000000171. The molecule has 2 aromatic heterocycles. The number of amides is 2. The second kappa shape index (κ2) is 21.7. The van der Waals surface area contributed by atoms with Crippen LogP contribution in [0.15, 0.2) is 107 Å². The Morgan fingerprint density at radius 1 is 0.613 bits per heavy atom. The molecule has 6 aliphatic heterocycles. The van der Waals surface area contributed by atoms with Gasteiger partial charge in [-0.05, 0) is 0 Å². The Hall–Kier alpha value is -6.34. The fourth-order valence-electron chi connectivity index (χ4n) is 10.8. The minimum absolute atomic E-state index is 0. The number of hydrogen-bond acceptors (Lipinski definition) is 10. The molecule has 0 aliphatic carbocycles. The molecule has 2 unspecified atom stereocenters. The van der Waals surface area contributed by atoms with Gasteiger partial charge in [-0.2, -0.15) is 0 Å². The Bertz CT molecular complexity index is 3330. The van der Waals surface area contributed by atoms with Crippen LogP contribution < -0.4 is 34.5 Å². The van der Waals surface area contributed by atoms with E-state index in [4.69, 9.17) is 14.2 Å². The molecule has 2 fully saturated rings. The molecule has 4 atom stereocenters. The first kappa shape index (κ1) is 52.1. The number of halogens is 4. The second-order valence-electron chi connectivity index (χ2n) is 18.5. The Labute approximate surface area is 443 Å². The summed E-state index contributed by atoms with van der Waals surface area (Å²) < 4.78 is 82.0. The Kier molecular flexibility index (Phi) is 15.1. The van der Waals surface area contributed by atoms with Crippen molar-refractivity contribution in [3.8, 4) is 11.5 Å². The zero-order valence-electron chi connectivity index (χ0n) is 40.6. The minimum atomic E-state index is -0.905. The topological polar surface area (TPSA) is 139 Å². The maximum Gasteiger partial charge on any atom is -1.00 e. The fraction of sp³-hybridized carbons (Fsp3) is 0.333. The summed E-state index contributed by atoms with van der Waals surface area (Å²) >= 11 is -0.292. The number of fused-ring (bicyclic) bond motifs is 8. The molecular formula is C54H50BF4N6O8Se2-. The number of hydrogen-bond donors (Lipinski definition) is 1. The van der Waals surface area contributed by atoms with Crippen LogP contribution in [0.25, 0.3) is 0 Å². The molecule has 4 radical (unpaired) electrons. The Morgan fingerprint density at radius 3 is 1.64 bits per heavy atom. The first-order chi connectivity index (χ1) is 36.0. The number of rotatable bonds is 8. The summed E-state index contributed by atoms with van der Waals surface area (Å²) in [6, 6.07) is 22.6. The third kappa shape index (κ3) is 9.14. The van der Waals surface area contributed by atoms with Gasteiger partial charge in [0, 0.05) is 0 Å². The molecule has 75 heavy (non-hydrogen) atoms. The van der Waals surface area contributed by atoms with Gasteiger partial charge in [0.25, 0.3) is 0 Å². The van der Waals surface area contributed by atoms with Gasteiger partial charge in [0.15, 0.2) is 0 Å². The maximum atomic E-state index is 15.3. The summed E-state index contributed by atoms with van der Waals surface area (Å²) in [5.41, 5.74) is 2.69. The van der Waals surface area contributed by atoms with Gasteiger partial charge in [0.05, 0.1) is 0 Å². The molecule has 2 amide bonds. The average molecular weight is 1160 g/mol. The van der Waals surface area contributed by atoms with Crippen molar-refractivity contribution in [2.75, 3.05) is 56.1 Å². The number of carbonyl (C=O) groups excluding carboxylic acids is 2. The van der Waals surface area contributed by atoms with E-state index < -0.39 is 64.8 Å². The number of ether oxygens (including phenoxy) is 3. The van der Waals surface area contributed by atoms with Crippen molar-refractivity contribution < 1.29 is 46.5 Å². The SMILES string of the molecule is CCCCCCOc1c2n(ccc1=O)N(C1c3ccccc3[Se]Cc3c1ccc(F)c3F)[C@@H]1COCCN1C2=O.O=C1c2c(O)c(=O)ccn2N(C2c3ccccc3[Se]Cc3c2ccc(F)c3F)[C@@H]2COCCN12.[B-]. The van der Waals surface area contributed by atoms with E-state index in [1.807, 2.05) is 58.5 Å². The van der Waals surface area contributed by atoms with Crippen LogP contribution in [0.4, 0.5) is 17.6 Å².